The molecule has 1 aliphatic rings. The van der Waals surface area contributed by atoms with E-state index in [1.807, 2.05) is 0 Å². The van der Waals surface area contributed by atoms with E-state index >= 15 is 0 Å². The highest BCUT2D eigenvalue weighted by Crippen LogP contribution is 2.39. The SMILES string of the molecule is O=C(O)Oc1ccc2c(c1)C(=O)c1cc(Cl)ccc1-2. The van der Waals surface area contributed by atoms with Crippen molar-refractivity contribution in [2.45, 2.75) is 0 Å². The van der Waals surface area contributed by atoms with Crippen molar-refractivity contribution >= 4 is 23.5 Å². The van der Waals surface area contributed by atoms with E-state index in [4.69, 9.17) is 16.7 Å². The molecule has 3 rings (SSSR count). The summed E-state index contributed by atoms with van der Waals surface area (Å²) < 4.78 is 4.55. The van der Waals surface area contributed by atoms with Crippen LogP contribution in [0.15, 0.2) is 36.4 Å². The molecule has 0 fully saturated rings. The van der Waals surface area contributed by atoms with Crippen molar-refractivity contribution < 1.29 is 19.4 Å². The van der Waals surface area contributed by atoms with Gasteiger partial charge in [-0.2, -0.15) is 0 Å². The van der Waals surface area contributed by atoms with Crippen LogP contribution in [-0.2, 0) is 0 Å². The van der Waals surface area contributed by atoms with Crippen molar-refractivity contribution in [1.29, 1.82) is 0 Å². The summed E-state index contributed by atoms with van der Waals surface area (Å²) in [6, 6.07) is 9.72. The second-order valence-electron chi connectivity index (χ2n) is 4.09. The molecule has 0 amide bonds. The summed E-state index contributed by atoms with van der Waals surface area (Å²) in [6.45, 7) is 0. The van der Waals surface area contributed by atoms with Gasteiger partial charge in [-0.25, -0.2) is 4.79 Å². The van der Waals surface area contributed by atoms with Crippen LogP contribution in [0.2, 0.25) is 5.02 Å². The van der Waals surface area contributed by atoms with Crippen LogP contribution >= 0.6 is 11.6 Å². The predicted molar refractivity (Wildman–Crippen MR) is 69.0 cm³/mol. The number of carbonyl (C=O) groups is 2. The van der Waals surface area contributed by atoms with E-state index in [0.29, 0.717) is 16.1 Å². The number of rotatable bonds is 1. The summed E-state index contributed by atoms with van der Waals surface area (Å²) in [6.07, 6.45) is -1.41. The lowest BCUT2D eigenvalue weighted by Gasteiger charge is -2.02. The molecule has 0 aromatic heterocycles. The predicted octanol–water partition coefficient (Wildman–Crippen LogP) is 3.61. The van der Waals surface area contributed by atoms with Gasteiger partial charge in [0.15, 0.2) is 5.78 Å². The van der Waals surface area contributed by atoms with Crippen LogP contribution in [-0.4, -0.2) is 17.0 Å². The van der Waals surface area contributed by atoms with Gasteiger partial charge in [-0.05, 0) is 41.5 Å². The van der Waals surface area contributed by atoms with E-state index in [0.717, 1.165) is 11.1 Å². The molecule has 0 saturated heterocycles. The number of carbonyl (C=O) groups excluding carboxylic acids is 1. The lowest BCUT2D eigenvalue weighted by atomic mass is 10.1. The van der Waals surface area contributed by atoms with Crippen molar-refractivity contribution in [3.8, 4) is 16.9 Å². The molecule has 2 aromatic rings. The fourth-order valence-corrected chi connectivity index (χ4v) is 2.37. The number of ketones is 1. The van der Waals surface area contributed by atoms with Crippen molar-refractivity contribution in [2.24, 2.45) is 0 Å². The van der Waals surface area contributed by atoms with Crippen molar-refractivity contribution in [3.05, 3.63) is 52.5 Å². The number of halogens is 1. The van der Waals surface area contributed by atoms with Crippen LogP contribution in [0.3, 0.4) is 0 Å². The molecule has 0 radical (unpaired) electrons. The third-order valence-electron chi connectivity index (χ3n) is 2.96. The summed E-state index contributed by atoms with van der Waals surface area (Å²) in [5.74, 6) is -0.0539. The molecular formula is C14H7ClO4. The normalized spacial score (nSPS) is 11.9. The Morgan fingerprint density at radius 2 is 1.63 bits per heavy atom. The first-order chi connectivity index (χ1) is 9.06. The average Bonchev–Trinajstić information content (AvgIpc) is 2.62. The summed E-state index contributed by atoms with van der Waals surface area (Å²) in [4.78, 5) is 22.7. The Balaban J connectivity index is 2.13. The van der Waals surface area contributed by atoms with Crippen LogP contribution in [0.5, 0.6) is 5.75 Å². The van der Waals surface area contributed by atoms with Gasteiger partial charge in [-0.1, -0.05) is 17.7 Å². The minimum atomic E-state index is -1.41. The molecule has 19 heavy (non-hydrogen) atoms. The summed E-state index contributed by atoms with van der Waals surface area (Å²) in [5, 5.41) is 9.05. The molecule has 0 spiro atoms. The molecule has 1 aliphatic carbocycles. The van der Waals surface area contributed by atoms with E-state index in [1.54, 1.807) is 24.3 Å². The molecule has 0 atom stereocenters. The van der Waals surface area contributed by atoms with Gasteiger partial charge in [-0.3, -0.25) is 4.79 Å². The first-order valence-corrected chi connectivity index (χ1v) is 5.83. The lowest BCUT2D eigenvalue weighted by Crippen LogP contribution is -2.04. The van der Waals surface area contributed by atoms with E-state index in [-0.39, 0.29) is 11.5 Å². The second kappa shape index (κ2) is 4.10. The van der Waals surface area contributed by atoms with E-state index in [9.17, 15) is 9.59 Å². The quantitative estimate of drug-likeness (QED) is 0.544. The van der Waals surface area contributed by atoms with Gasteiger partial charge in [-0.15, -0.1) is 0 Å². The van der Waals surface area contributed by atoms with Crippen LogP contribution in [0, 0.1) is 0 Å². The standard InChI is InChI=1S/C14H7ClO4/c15-7-1-3-9-10-4-2-8(19-14(17)18)6-12(10)13(16)11(9)5-7/h1-6H,(H,17,18). The number of ether oxygens (including phenoxy) is 1. The third kappa shape index (κ3) is 1.86. The summed E-state index contributed by atoms with van der Waals surface area (Å²) >= 11 is 5.88. The molecule has 0 heterocycles. The van der Waals surface area contributed by atoms with Crippen molar-refractivity contribution in [3.63, 3.8) is 0 Å². The van der Waals surface area contributed by atoms with Crippen molar-refractivity contribution in [2.75, 3.05) is 0 Å². The molecule has 4 nitrogen and oxygen atoms in total. The minimum absolute atomic E-state index is 0.124. The Hall–Kier alpha value is -2.33. The third-order valence-corrected chi connectivity index (χ3v) is 3.19. The lowest BCUT2D eigenvalue weighted by molar-refractivity contribution is 0.104. The van der Waals surface area contributed by atoms with E-state index in [2.05, 4.69) is 4.74 Å². The van der Waals surface area contributed by atoms with Gasteiger partial charge in [0, 0.05) is 16.1 Å². The maximum absolute atomic E-state index is 12.2. The molecule has 94 valence electrons. The monoisotopic (exact) mass is 274 g/mol. The molecule has 2 aromatic carbocycles. The Morgan fingerprint density at radius 3 is 2.32 bits per heavy atom. The second-order valence-corrected chi connectivity index (χ2v) is 4.53. The topological polar surface area (TPSA) is 63.6 Å². The molecule has 0 saturated carbocycles. The first-order valence-electron chi connectivity index (χ1n) is 5.46. The highest BCUT2D eigenvalue weighted by atomic mass is 35.5. The van der Waals surface area contributed by atoms with Gasteiger partial charge >= 0.3 is 6.16 Å². The Labute approximate surface area is 113 Å². The Kier molecular flexibility index (Phi) is 2.54. The highest BCUT2D eigenvalue weighted by molar-refractivity contribution is 6.32. The largest absolute Gasteiger partial charge is 0.511 e. The number of hydrogen-bond acceptors (Lipinski definition) is 3. The zero-order chi connectivity index (χ0) is 13.6. The summed E-state index contributed by atoms with van der Waals surface area (Å²) in [5.41, 5.74) is 2.51. The van der Waals surface area contributed by atoms with Crippen LogP contribution in [0.4, 0.5) is 4.79 Å². The van der Waals surface area contributed by atoms with Crippen molar-refractivity contribution in [1.82, 2.24) is 0 Å². The zero-order valence-corrected chi connectivity index (χ0v) is 10.3. The number of benzene rings is 2. The molecular weight excluding hydrogens is 268 g/mol. The Bertz CT molecular complexity index is 721. The van der Waals surface area contributed by atoms with E-state index in [1.165, 1.54) is 12.1 Å². The highest BCUT2D eigenvalue weighted by Gasteiger charge is 2.27. The number of carboxylic acid groups (broad SMARTS) is 1. The molecule has 0 aliphatic heterocycles. The van der Waals surface area contributed by atoms with Gasteiger partial charge in [0.25, 0.3) is 0 Å². The Morgan fingerprint density at radius 1 is 1.00 bits per heavy atom. The number of fused-ring (bicyclic) bond motifs is 3. The summed E-state index contributed by atoms with van der Waals surface area (Å²) in [7, 11) is 0. The number of hydrogen-bond donors (Lipinski definition) is 1. The maximum Gasteiger partial charge on any atom is 0.511 e. The molecule has 0 bridgehead atoms. The zero-order valence-electron chi connectivity index (χ0n) is 9.51. The molecule has 5 heteroatoms. The average molecular weight is 275 g/mol. The molecule has 0 unspecified atom stereocenters. The van der Waals surface area contributed by atoms with Crippen LogP contribution < -0.4 is 4.74 Å². The first kappa shape index (κ1) is 11.7. The molecule has 1 N–H and O–H groups in total. The maximum atomic E-state index is 12.2. The minimum Gasteiger partial charge on any atom is -0.449 e. The fourth-order valence-electron chi connectivity index (χ4n) is 2.19. The fraction of sp³-hybridized carbons (Fsp3) is 0. The van der Waals surface area contributed by atoms with Gasteiger partial charge in [0.2, 0.25) is 0 Å². The van der Waals surface area contributed by atoms with Crippen LogP contribution in [0.1, 0.15) is 15.9 Å². The van der Waals surface area contributed by atoms with Crippen LogP contribution in [0.25, 0.3) is 11.1 Å². The smallest absolute Gasteiger partial charge is 0.449 e. The van der Waals surface area contributed by atoms with Gasteiger partial charge in [0.1, 0.15) is 5.75 Å². The van der Waals surface area contributed by atoms with Gasteiger partial charge < -0.3 is 9.84 Å². The van der Waals surface area contributed by atoms with E-state index < -0.39 is 6.16 Å². The van der Waals surface area contributed by atoms with Gasteiger partial charge in [0.05, 0.1) is 0 Å².